The second kappa shape index (κ2) is 8.14. The Labute approximate surface area is 173 Å². The number of pyridine rings is 1. The summed E-state index contributed by atoms with van der Waals surface area (Å²) < 4.78 is 59.9. The monoisotopic (exact) mass is 438 g/mol. The largest absolute Gasteiger partial charge is 0.419 e. The van der Waals surface area contributed by atoms with Gasteiger partial charge in [0.25, 0.3) is 5.56 Å². The zero-order chi connectivity index (χ0) is 22.2. The van der Waals surface area contributed by atoms with E-state index < -0.39 is 23.3 Å². The van der Waals surface area contributed by atoms with Gasteiger partial charge in [-0.05, 0) is 31.9 Å². The van der Waals surface area contributed by atoms with Crippen molar-refractivity contribution in [2.45, 2.75) is 32.0 Å². The molecule has 1 aliphatic rings. The Morgan fingerprint density at radius 3 is 2.68 bits per heavy atom. The summed E-state index contributed by atoms with van der Waals surface area (Å²) in [4.78, 5) is 26.1. The van der Waals surface area contributed by atoms with Crippen molar-refractivity contribution in [2.24, 2.45) is 0 Å². The summed E-state index contributed by atoms with van der Waals surface area (Å²) in [6, 6.07) is 4.01. The van der Waals surface area contributed by atoms with Crippen molar-refractivity contribution < 1.29 is 27.1 Å². The number of anilines is 1. The standard InChI is InChI=1S/C20H18F4N4O3/c1-11-25-15-9-17(29)28(12-5-7-30-8-6-12)10-13(15)19(26-11)27-31-16-4-2-3-14(18(16)21)20(22,23)24/h2-4,9-10,12H,5-8H2,1H3,(H,25,26,27). The van der Waals surface area contributed by atoms with E-state index in [0.717, 1.165) is 12.1 Å². The second-order valence-corrected chi connectivity index (χ2v) is 7.10. The first-order valence-electron chi connectivity index (χ1n) is 9.51. The van der Waals surface area contributed by atoms with Gasteiger partial charge in [0.2, 0.25) is 0 Å². The molecule has 0 bridgehead atoms. The lowest BCUT2D eigenvalue weighted by atomic mass is 10.1. The second-order valence-electron chi connectivity index (χ2n) is 7.10. The van der Waals surface area contributed by atoms with Crippen LogP contribution in [0, 0.1) is 12.7 Å². The fourth-order valence-electron chi connectivity index (χ4n) is 3.47. The van der Waals surface area contributed by atoms with Crippen LogP contribution < -0.4 is 15.9 Å². The molecule has 164 valence electrons. The van der Waals surface area contributed by atoms with Crippen LogP contribution in [-0.4, -0.2) is 27.7 Å². The predicted octanol–water partition coefficient (Wildman–Crippen LogP) is 4.02. The number of hydrogen-bond acceptors (Lipinski definition) is 6. The number of aromatic nitrogens is 3. The third-order valence-electron chi connectivity index (χ3n) is 4.98. The van der Waals surface area contributed by atoms with Crippen molar-refractivity contribution >= 4 is 16.7 Å². The van der Waals surface area contributed by atoms with E-state index in [1.807, 2.05) is 0 Å². The molecule has 0 unspecified atom stereocenters. The van der Waals surface area contributed by atoms with Crippen LogP contribution >= 0.6 is 0 Å². The number of aryl methyl sites for hydroxylation is 1. The number of nitrogens with one attached hydrogen (secondary N) is 1. The molecule has 1 N–H and O–H groups in total. The highest BCUT2D eigenvalue weighted by Crippen LogP contribution is 2.35. The van der Waals surface area contributed by atoms with Gasteiger partial charge in [0.1, 0.15) is 5.82 Å². The summed E-state index contributed by atoms with van der Waals surface area (Å²) in [5, 5.41) is 0.407. The molecule has 11 heteroatoms. The van der Waals surface area contributed by atoms with Gasteiger partial charge in [-0.25, -0.2) is 19.8 Å². The number of ether oxygens (including phenoxy) is 1. The van der Waals surface area contributed by atoms with Gasteiger partial charge in [0.15, 0.2) is 17.4 Å². The van der Waals surface area contributed by atoms with Gasteiger partial charge in [-0.3, -0.25) is 4.79 Å². The topological polar surface area (TPSA) is 78.3 Å². The molecule has 0 spiro atoms. The van der Waals surface area contributed by atoms with Crippen molar-refractivity contribution in [3.8, 4) is 5.75 Å². The third-order valence-corrected chi connectivity index (χ3v) is 4.98. The van der Waals surface area contributed by atoms with E-state index >= 15 is 0 Å². The Morgan fingerprint density at radius 1 is 1.23 bits per heavy atom. The van der Waals surface area contributed by atoms with E-state index in [-0.39, 0.29) is 17.4 Å². The van der Waals surface area contributed by atoms with Crippen LogP contribution in [0.25, 0.3) is 10.9 Å². The van der Waals surface area contributed by atoms with Gasteiger partial charge in [-0.15, -0.1) is 0 Å². The lowest BCUT2D eigenvalue weighted by Crippen LogP contribution is -2.28. The molecule has 2 aromatic heterocycles. The Hall–Kier alpha value is -3.21. The molecule has 3 heterocycles. The van der Waals surface area contributed by atoms with E-state index in [1.165, 1.54) is 6.07 Å². The Balaban J connectivity index is 1.70. The minimum absolute atomic E-state index is 0.0679. The molecule has 1 aromatic carbocycles. The molecule has 4 rings (SSSR count). The van der Waals surface area contributed by atoms with Gasteiger partial charge < -0.3 is 14.1 Å². The fourth-order valence-corrected chi connectivity index (χ4v) is 3.47. The summed E-state index contributed by atoms with van der Waals surface area (Å²) in [5.41, 5.74) is 1.06. The van der Waals surface area contributed by atoms with Gasteiger partial charge in [0.05, 0.1) is 16.5 Å². The summed E-state index contributed by atoms with van der Waals surface area (Å²) in [6.45, 7) is 2.64. The zero-order valence-corrected chi connectivity index (χ0v) is 16.4. The van der Waals surface area contributed by atoms with Crippen molar-refractivity contribution in [3.63, 3.8) is 0 Å². The Kier molecular flexibility index (Phi) is 5.52. The number of nitrogens with zero attached hydrogens (tertiary/aromatic N) is 3. The van der Waals surface area contributed by atoms with Gasteiger partial charge in [-0.2, -0.15) is 13.2 Å². The van der Waals surface area contributed by atoms with E-state index in [0.29, 0.717) is 48.8 Å². The molecule has 0 saturated carbocycles. The maximum atomic E-state index is 14.2. The number of benzene rings is 1. The van der Waals surface area contributed by atoms with E-state index in [1.54, 1.807) is 17.7 Å². The van der Waals surface area contributed by atoms with Crippen molar-refractivity contribution in [3.05, 3.63) is 58.0 Å². The molecule has 0 aliphatic carbocycles. The van der Waals surface area contributed by atoms with Crippen molar-refractivity contribution in [2.75, 3.05) is 18.7 Å². The molecule has 31 heavy (non-hydrogen) atoms. The van der Waals surface area contributed by atoms with Crippen LogP contribution in [0.1, 0.15) is 30.3 Å². The van der Waals surface area contributed by atoms with E-state index in [4.69, 9.17) is 9.57 Å². The zero-order valence-electron chi connectivity index (χ0n) is 16.4. The maximum Gasteiger partial charge on any atom is 0.419 e. The minimum Gasteiger partial charge on any atom is -0.381 e. The summed E-state index contributed by atoms with van der Waals surface area (Å²) >= 11 is 0. The molecule has 0 atom stereocenters. The molecule has 3 aromatic rings. The Bertz CT molecular complexity index is 1170. The van der Waals surface area contributed by atoms with Crippen molar-refractivity contribution in [1.29, 1.82) is 0 Å². The van der Waals surface area contributed by atoms with Crippen LogP contribution in [0.15, 0.2) is 35.3 Å². The van der Waals surface area contributed by atoms with Crippen LogP contribution in [0.2, 0.25) is 0 Å². The van der Waals surface area contributed by atoms with Gasteiger partial charge in [-0.1, -0.05) is 6.07 Å². The summed E-state index contributed by atoms with van der Waals surface area (Å²) in [6.07, 6.45) is -1.97. The molecule has 0 amide bonds. The normalized spacial score (nSPS) is 15.3. The first-order valence-corrected chi connectivity index (χ1v) is 9.51. The fraction of sp³-hybridized carbons (Fsp3) is 0.350. The van der Waals surface area contributed by atoms with Gasteiger partial charge >= 0.3 is 6.18 Å². The molecule has 7 nitrogen and oxygen atoms in total. The predicted molar refractivity (Wildman–Crippen MR) is 103 cm³/mol. The molecule has 0 radical (unpaired) electrons. The molecule has 1 fully saturated rings. The summed E-state index contributed by atoms with van der Waals surface area (Å²) in [7, 11) is 0. The third kappa shape index (κ3) is 4.31. The number of rotatable bonds is 4. The van der Waals surface area contributed by atoms with Crippen LogP contribution in [0.5, 0.6) is 5.75 Å². The average Bonchev–Trinajstić information content (AvgIpc) is 2.72. The van der Waals surface area contributed by atoms with Crippen LogP contribution in [-0.2, 0) is 10.9 Å². The van der Waals surface area contributed by atoms with E-state index in [2.05, 4.69) is 15.4 Å². The van der Waals surface area contributed by atoms with Crippen LogP contribution in [0.4, 0.5) is 23.4 Å². The molecule has 1 saturated heterocycles. The first-order chi connectivity index (χ1) is 14.7. The molecular weight excluding hydrogens is 420 g/mol. The smallest absolute Gasteiger partial charge is 0.381 e. The SMILES string of the molecule is Cc1nc(NOc2cccc(C(F)(F)F)c2F)c2cn(C3CCOCC3)c(=O)cc2n1. The first kappa shape index (κ1) is 21.0. The number of hydrogen-bond donors (Lipinski definition) is 1. The summed E-state index contributed by atoms with van der Waals surface area (Å²) in [5.74, 6) is -1.79. The Morgan fingerprint density at radius 2 is 1.97 bits per heavy atom. The highest BCUT2D eigenvalue weighted by Gasteiger charge is 2.35. The lowest BCUT2D eigenvalue weighted by molar-refractivity contribution is -0.140. The molecular formula is C20H18F4N4O3. The number of fused-ring (bicyclic) bond motifs is 1. The number of halogens is 4. The maximum absolute atomic E-state index is 14.2. The molecule has 1 aliphatic heterocycles. The number of alkyl halides is 3. The van der Waals surface area contributed by atoms with Crippen LogP contribution in [0.3, 0.4) is 0 Å². The highest BCUT2D eigenvalue weighted by molar-refractivity contribution is 5.88. The average molecular weight is 438 g/mol. The minimum atomic E-state index is -4.86. The quantitative estimate of drug-likeness (QED) is 0.490. The van der Waals surface area contributed by atoms with E-state index in [9.17, 15) is 22.4 Å². The van der Waals surface area contributed by atoms with Gasteiger partial charge in [0, 0.05) is 31.5 Å². The van der Waals surface area contributed by atoms with Crippen molar-refractivity contribution in [1.82, 2.24) is 14.5 Å². The highest BCUT2D eigenvalue weighted by atomic mass is 19.4. The lowest BCUT2D eigenvalue weighted by Gasteiger charge is -2.24.